The van der Waals surface area contributed by atoms with E-state index >= 15 is 0 Å². The van der Waals surface area contributed by atoms with Gasteiger partial charge >= 0.3 is 0 Å². The molecule has 134 valence electrons. The second-order valence-electron chi connectivity index (χ2n) is 6.01. The molecule has 1 fully saturated rings. The first-order valence-electron chi connectivity index (χ1n) is 8.31. The SMILES string of the molecule is COc1ccc(-n2cnnc2SCC(=O)N2CCCN(C)CC2)cc1. The number of hydrogen-bond acceptors (Lipinski definition) is 6. The lowest BCUT2D eigenvalue weighted by Crippen LogP contribution is -2.35. The fourth-order valence-electron chi connectivity index (χ4n) is 2.76. The topological polar surface area (TPSA) is 63.5 Å². The van der Waals surface area contributed by atoms with Crippen LogP contribution in [0.15, 0.2) is 35.7 Å². The lowest BCUT2D eigenvalue weighted by molar-refractivity contribution is -0.128. The Morgan fingerprint density at radius 1 is 1.20 bits per heavy atom. The smallest absolute Gasteiger partial charge is 0.233 e. The van der Waals surface area contributed by atoms with Gasteiger partial charge in [-0.05, 0) is 44.3 Å². The summed E-state index contributed by atoms with van der Waals surface area (Å²) < 4.78 is 7.06. The molecule has 1 aromatic carbocycles. The van der Waals surface area contributed by atoms with Gasteiger partial charge in [0.1, 0.15) is 12.1 Å². The van der Waals surface area contributed by atoms with Crippen LogP contribution in [0.5, 0.6) is 5.75 Å². The molecule has 0 spiro atoms. The quantitative estimate of drug-likeness (QED) is 0.753. The third kappa shape index (κ3) is 4.52. The molecule has 1 aliphatic heterocycles. The van der Waals surface area contributed by atoms with Crippen LogP contribution in [0.1, 0.15) is 6.42 Å². The van der Waals surface area contributed by atoms with E-state index in [9.17, 15) is 4.79 Å². The summed E-state index contributed by atoms with van der Waals surface area (Å²) >= 11 is 1.42. The molecular weight excluding hydrogens is 338 g/mol. The largest absolute Gasteiger partial charge is 0.497 e. The third-order valence-electron chi connectivity index (χ3n) is 4.26. The van der Waals surface area contributed by atoms with Crippen LogP contribution in [0.4, 0.5) is 0 Å². The third-order valence-corrected chi connectivity index (χ3v) is 5.19. The molecule has 0 atom stereocenters. The zero-order valence-corrected chi connectivity index (χ0v) is 15.4. The highest BCUT2D eigenvalue weighted by Crippen LogP contribution is 2.22. The number of methoxy groups -OCH3 is 1. The monoisotopic (exact) mass is 361 g/mol. The molecule has 2 heterocycles. The van der Waals surface area contributed by atoms with Gasteiger partial charge in [-0.1, -0.05) is 11.8 Å². The average molecular weight is 361 g/mol. The van der Waals surface area contributed by atoms with E-state index in [4.69, 9.17) is 4.74 Å². The Morgan fingerprint density at radius 2 is 2.00 bits per heavy atom. The van der Waals surface area contributed by atoms with E-state index in [1.165, 1.54) is 11.8 Å². The van der Waals surface area contributed by atoms with Crippen LogP contribution < -0.4 is 4.74 Å². The fraction of sp³-hybridized carbons (Fsp3) is 0.471. The maximum absolute atomic E-state index is 12.5. The van der Waals surface area contributed by atoms with Gasteiger partial charge in [-0.3, -0.25) is 9.36 Å². The van der Waals surface area contributed by atoms with Crippen LogP contribution >= 0.6 is 11.8 Å². The molecule has 7 nitrogen and oxygen atoms in total. The van der Waals surface area contributed by atoms with Crippen LogP contribution in [0, 0.1) is 0 Å². The van der Waals surface area contributed by atoms with Crippen molar-refractivity contribution >= 4 is 17.7 Å². The number of amides is 1. The molecule has 0 aliphatic carbocycles. The highest BCUT2D eigenvalue weighted by Gasteiger charge is 2.18. The number of likely N-dealkylation sites (N-methyl/N-ethyl adjacent to an activating group) is 1. The van der Waals surface area contributed by atoms with Crippen molar-refractivity contribution in [3.63, 3.8) is 0 Å². The van der Waals surface area contributed by atoms with Crippen molar-refractivity contribution in [2.75, 3.05) is 46.1 Å². The number of thioether (sulfide) groups is 1. The highest BCUT2D eigenvalue weighted by molar-refractivity contribution is 7.99. The molecule has 3 rings (SSSR count). The predicted octanol–water partition coefficient (Wildman–Crippen LogP) is 1.53. The molecule has 1 aromatic heterocycles. The van der Waals surface area contributed by atoms with Crippen molar-refractivity contribution in [3.05, 3.63) is 30.6 Å². The highest BCUT2D eigenvalue weighted by atomic mass is 32.2. The van der Waals surface area contributed by atoms with Gasteiger partial charge < -0.3 is 14.5 Å². The average Bonchev–Trinajstić information content (AvgIpc) is 3.00. The van der Waals surface area contributed by atoms with Crippen molar-refractivity contribution in [3.8, 4) is 11.4 Å². The van der Waals surface area contributed by atoms with Gasteiger partial charge in [0.2, 0.25) is 5.91 Å². The zero-order valence-electron chi connectivity index (χ0n) is 14.6. The van der Waals surface area contributed by atoms with Gasteiger partial charge in [-0.25, -0.2) is 0 Å². The number of rotatable bonds is 5. The van der Waals surface area contributed by atoms with E-state index in [2.05, 4.69) is 22.1 Å². The molecule has 1 aliphatic rings. The van der Waals surface area contributed by atoms with Gasteiger partial charge in [-0.15, -0.1) is 10.2 Å². The Labute approximate surface area is 152 Å². The Morgan fingerprint density at radius 3 is 2.76 bits per heavy atom. The van der Waals surface area contributed by atoms with E-state index in [0.717, 1.165) is 44.0 Å². The standard InChI is InChI=1S/C17H23N5O2S/c1-20-8-3-9-21(11-10-20)16(23)12-25-17-19-18-13-22(17)14-4-6-15(24-2)7-5-14/h4-7,13H,3,8-12H2,1-2H3. The lowest BCUT2D eigenvalue weighted by atomic mass is 10.3. The summed E-state index contributed by atoms with van der Waals surface area (Å²) in [6.45, 7) is 3.59. The lowest BCUT2D eigenvalue weighted by Gasteiger charge is -2.20. The van der Waals surface area contributed by atoms with Crippen LogP contribution in [0.3, 0.4) is 0 Å². The number of hydrogen-bond donors (Lipinski definition) is 0. The van der Waals surface area contributed by atoms with Crippen LogP contribution in [-0.4, -0.2) is 76.6 Å². The number of benzene rings is 1. The normalized spacial score (nSPS) is 15.8. The van der Waals surface area contributed by atoms with Gasteiger partial charge in [0.05, 0.1) is 12.9 Å². The minimum absolute atomic E-state index is 0.157. The minimum atomic E-state index is 0.157. The number of carbonyl (C=O) groups excluding carboxylic acids is 1. The second kappa shape index (κ2) is 8.35. The summed E-state index contributed by atoms with van der Waals surface area (Å²) in [5.74, 6) is 1.33. The molecule has 0 radical (unpaired) electrons. The Bertz CT molecular complexity index is 703. The predicted molar refractivity (Wildman–Crippen MR) is 97.3 cm³/mol. The number of nitrogens with zero attached hydrogens (tertiary/aromatic N) is 5. The van der Waals surface area contributed by atoms with Crippen LogP contribution in [0.2, 0.25) is 0 Å². The molecule has 25 heavy (non-hydrogen) atoms. The Hall–Kier alpha value is -2.06. The maximum atomic E-state index is 12.5. The summed E-state index contributed by atoms with van der Waals surface area (Å²) in [6, 6.07) is 7.67. The van der Waals surface area contributed by atoms with Crippen LogP contribution in [-0.2, 0) is 4.79 Å². The molecule has 0 N–H and O–H groups in total. The molecule has 2 aromatic rings. The van der Waals surface area contributed by atoms with Gasteiger partial charge in [0.25, 0.3) is 0 Å². The zero-order chi connectivity index (χ0) is 17.6. The maximum Gasteiger partial charge on any atom is 0.233 e. The van der Waals surface area contributed by atoms with E-state index in [1.54, 1.807) is 13.4 Å². The van der Waals surface area contributed by atoms with Crippen molar-refractivity contribution in [1.29, 1.82) is 0 Å². The van der Waals surface area contributed by atoms with Crippen LogP contribution in [0.25, 0.3) is 5.69 Å². The van der Waals surface area contributed by atoms with E-state index in [0.29, 0.717) is 10.9 Å². The minimum Gasteiger partial charge on any atom is -0.497 e. The summed E-state index contributed by atoms with van der Waals surface area (Å²) in [7, 11) is 3.74. The first-order valence-corrected chi connectivity index (χ1v) is 9.29. The number of aromatic nitrogens is 3. The second-order valence-corrected chi connectivity index (χ2v) is 6.95. The Kier molecular flexibility index (Phi) is 5.93. The molecule has 1 amide bonds. The van der Waals surface area contributed by atoms with Gasteiger partial charge in [-0.2, -0.15) is 0 Å². The molecule has 0 unspecified atom stereocenters. The summed E-state index contributed by atoms with van der Waals surface area (Å²) in [5, 5.41) is 8.85. The van der Waals surface area contributed by atoms with Crippen molar-refractivity contribution < 1.29 is 9.53 Å². The van der Waals surface area contributed by atoms with Gasteiger partial charge in [0, 0.05) is 25.3 Å². The van der Waals surface area contributed by atoms with Crippen molar-refractivity contribution in [1.82, 2.24) is 24.6 Å². The Balaban J connectivity index is 1.62. The molecular formula is C17H23N5O2S. The van der Waals surface area contributed by atoms with Crippen molar-refractivity contribution in [2.24, 2.45) is 0 Å². The van der Waals surface area contributed by atoms with E-state index < -0.39 is 0 Å². The van der Waals surface area contributed by atoms with Gasteiger partial charge in [0.15, 0.2) is 5.16 Å². The van der Waals surface area contributed by atoms with E-state index in [1.807, 2.05) is 33.7 Å². The summed E-state index contributed by atoms with van der Waals surface area (Å²) in [6.07, 6.45) is 2.68. The molecule has 1 saturated heterocycles. The first kappa shape index (κ1) is 17.8. The van der Waals surface area contributed by atoms with Crippen molar-refractivity contribution in [2.45, 2.75) is 11.6 Å². The number of ether oxygens (including phenoxy) is 1. The summed E-state index contributed by atoms with van der Waals surface area (Å²) in [5.41, 5.74) is 0.942. The summed E-state index contributed by atoms with van der Waals surface area (Å²) in [4.78, 5) is 16.7. The molecule has 0 saturated carbocycles. The molecule has 8 heteroatoms. The number of carbonyl (C=O) groups is 1. The molecule has 0 bridgehead atoms. The first-order chi connectivity index (χ1) is 12.2. The van der Waals surface area contributed by atoms with E-state index in [-0.39, 0.29) is 5.91 Å². The fourth-order valence-corrected chi connectivity index (χ4v) is 3.59.